The van der Waals surface area contributed by atoms with Gasteiger partial charge in [0.25, 0.3) is 0 Å². The summed E-state index contributed by atoms with van der Waals surface area (Å²) in [5.41, 5.74) is 1.35. The molecule has 1 aromatic carbocycles. The molecular formula is C31H40N8O3. The molecule has 2 saturated heterocycles. The lowest BCUT2D eigenvalue weighted by Crippen LogP contribution is -2.49. The van der Waals surface area contributed by atoms with Crippen LogP contribution in [0, 0.1) is 0 Å². The molecule has 6 rings (SSSR count). The molecule has 0 amide bonds. The monoisotopic (exact) mass is 572 g/mol. The van der Waals surface area contributed by atoms with Crippen molar-refractivity contribution in [3.05, 3.63) is 83.5 Å². The van der Waals surface area contributed by atoms with Gasteiger partial charge in [0.15, 0.2) is 0 Å². The van der Waals surface area contributed by atoms with E-state index < -0.39 is 12.2 Å². The van der Waals surface area contributed by atoms with Crippen LogP contribution in [-0.2, 0) is 13.1 Å². The molecule has 222 valence electrons. The molecule has 42 heavy (non-hydrogen) atoms. The van der Waals surface area contributed by atoms with E-state index in [0.29, 0.717) is 13.1 Å². The molecule has 0 unspecified atom stereocenters. The van der Waals surface area contributed by atoms with Crippen molar-refractivity contribution in [2.75, 3.05) is 75.2 Å². The first-order valence-corrected chi connectivity index (χ1v) is 14.9. The van der Waals surface area contributed by atoms with Crippen LogP contribution in [0.5, 0.6) is 0 Å². The molecule has 11 nitrogen and oxygen atoms in total. The average Bonchev–Trinajstić information content (AvgIpc) is 3.28. The number of anilines is 2. The first kappa shape index (κ1) is 28.4. The van der Waals surface area contributed by atoms with Gasteiger partial charge < -0.3 is 20.0 Å². The molecule has 3 aromatic heterocycles. The van der Waals surface area contributed by atoms with Gasteiger partial charge in [-0.15, -0.1) is 0 Å². The highest BCUT2D eigenvalue weighted by molar-refractivity contribution is 5.76. The number of β-amino-alcohol motifs (C(OH)–C–C–N with tert-alkyl or cyclic N) is 2. The molecule has 11 heteroatoms. The third-order valence-corrected chi connectivity index (χ3v) is 8.34. The maximum Gasteiger partial charge on any atom is 0.329 e. The van der Waals surface area contributed by atoms with Crippen molar-refractivity contribution in [2.45, 2.75) is 25.3 Å². The molecule has 0 radical (unpaired) electrons. The summed E-state index contributed by atoms with van der Waals surface area (Å²) in [6.07, 6.45) is 2.24. The smallest absolute Gasteiger partial charge is 0.329 e. The second kappa shape index (κ2) is 13.0. The summed E-state index contributed by atoms with van der Waals surface area (Å²) in [6, 6.07) is 19.5. The zero-order valence-corrected chi connectivity index (χ0v) is 23.9. The van der Waals surface area contributed by atoms with Gasteiger partial charge in [0.05, 0.1) is 36.3 Å². The number of aliphatic hydroxyl groups excluding tert-OH is 2. The minimum Gasteiger partial charge on any atom is -0.390 e. The number of aromatic nitrogens is 4. The standard InChI is InChI=1S/C31H40N8O3/c40-25(21-34-13-17-36(18-14-34)29-9-3-5-11-32-29)23-38-27-7-1-2-8-28(27)39(31(38)42)24-26(41)22-35-15-19-37(20-16-35)30-10-4-6-12-33-30/h1-12,25-26,40-41H,13-24H2/t25-,26-/m1/s1. The van der Waals surface area contributed by atoms with E-state index in [-0.39, 0.29) is 18.8 Å². The number of rotatable bonds is 10. The third-order valence-electron chi connectivity index (χ3n) is 8.34. The van der Waals surface area contributed by atoms with Crippen LogP contribution in [0.15, 0.2) is 77.9 Å². The fourth-order valence-electron chi connectivity index (χ4n) is 6.16. The van der Waals surface area contributed by atoms with Crippen molar-refractivity contribution in [1.29, 1.82) is 0 Å². The van der Waals surface area contributed by atoms with E-state index in [1.165, 1.54) is 0 Å². The Morgan fingerprint density at radius 2 is 0.976 bits per heavy atom. The van der Waals surface area contributed by atoms with Gasteiger partial charge in [-0.1, -0.05) is 24.3 Å². The molecule has 0 saturated carbocycles. The van der Waals surface area contributed by atoms with Gasteiger partial charge in [-0.25, -0.2) is 14.8 Å². The summed E-state index contributed by atoms with van der Waals surface area (Å²) in [7, 11) is 0. The molecule has 4 aromatic rings. The van der Waals surface area contributed by atoms with E-state index >= 15 is 0 Å². The Morgan fingerprint density at radius 3 is 1.36 bits per heavy atom. The Hall–Kier alpha value is -3.77. The van der Waals surface area contributed by atoms with Gasteiger partial charge in [0.1, 0.15) is 11.6 Å². The first-order valence-electron chi connectivity index (χ1n) is 14.9. The van der Waals surface area contributed by atoms with E-state index in [1.54, 1.807) is 9.13 Å². The summed E-state index contributed by atoms with van der Waals surface area (Å²) >= 11 is 0. The molecule has 5 heterocycles. The normalized spacial score (nSPS) is 18.4. The molecule has 2 N–H and O–H groups in total. The van der Waals surface area contributed by atoms with Crippen molar-refractivity contribution in [1.82, 2.24) is 28.9 Å². The van der Waals surface area contributed by atoms with Crippen LogP contribution < -0.4 is 15.5 Å². The van der Waals surface area contributed by atoms with Crippen LogP contribution in [0.2, 0.25) is 0 Å². The predicted octanol–water partition coefficient (Wildman–Crippen LogP) is 0.959. The fraction of sp³-hybridized carbons (Fsp3) is 0.452. The molecule has 0 spiro atoms. The summed E-state index contributed by atoms with van der Waals surface area (Å²) in [5.74, 6) is 1.96. The minimum absolute atomic E-state index is 0.200. The lowest BCUT2D eigenvalue weighted by molar-refractivity contribution is 0.0910. The summed E-state index contributed by atoms with van der Waals surface area (Å²) < 4.78 is 3.31. The van der Waals surface area contributed by atoms with Gasteiger partial charge in [-0.3, -0.25) is 18.9 Å². The number of hydrogen-bond donors (Lipinski definition) is 2. The summed E-state index contributed by atoms with van der Waals surface area (Å²) in [6.45, 7) is 8.09. The Kier molecular flexibility index (Phi) is 8.80. The lowest BCUT2D eigenvalue weighted by atomic mass is 10.2. The van der Waals surface area contributed by atoms with E-state index in [9.17, 15) is 15.0 Å². The molecule has 2 atom stereocenters. The number of aliphatic hydroxyl groups is 2. The number of benzene rings is 1. The summed E-state index contributed by atoms with van der Waals surface area (Å²) in [5, 5.41) is 22.1. The predicted molar refractivity (Wildman–Crippen MR) is 164 cm³/mol. The number of piperazine rings is 2. The molecule has 2 aliphatic heterocycles. The minimum atomic E-state index is -0.691. The van der Waals surface area contributed by atoms with E-state index in [0.717, 1.165) is 75.0 Å². The van der Waals surface area contributed by atoms with Crippen molar-refractivity contribution >= 4 is 22.7 Å². The Balaban J connectivity index is 1.05. The second-order valence-electron chi connectivity index (χ2n) is 11.3. The molecule has 2 aliphatic rings. The second-order valence-corrected chi connectivity index (χ2v) is 11.3. The average molecular weight is 573 g/mol. The topological polar surface area (TPSA) is 106 Å². The van der Waals surface area contributed by atoms with Gasteiger partial charge in [-0.2, -0.15) is 0 Å². The van der Waals surface area contributed by atoms with Gasteiger partial charge in [0, 0.05) is 77.8 Å². The quantitative estimate of drug-likeness (QED) is 0.288. The largest absolute Gasteiger partial charge is 0.390 e. The van der Waals surface area contributed by atoms with E-state index in [2.05, 4.69) is 29.6 Å². The summed E-state index contributed by atoms with van der Waals surface area (Å²) in [4.78, 5) is 31.5. The molecular weight excluding hydrogens is 532 g/mol. The number of nitrogens with zero attached hydrogens (tertiary/aromatic N) is 8. The van der Waals surface area contributed by atoms with E-state index in [4.69, 9.17) is 0 Å². The van der Waals surface area contributed by atoms with Gasteiger partial charge in [-0.05, 0) is 36.4 Å². The lowest BCUT2D eigenvalue weighted by Gasteiger charge is -2.36. The molecule has 0 bridgehead atoms. The molecule has 2 fully saturated rings. The van der Waals surface area contributed by atoms with Crippen LogP contribution in [0.25, 0.3) is 11.0 Å². The van der Waals surface area contributed by atoms with E-state index in [1.807, 2.05) is 73.1 Å². The Bertz CT molecular complexity index is 1370. The zero-order chi connectivity index (χ0) is 28.9. The number of fused-ring (bicyclic) bond motifs is 1. The van der Waals surface area contributed by atoms with Crippen LogP contribution in [0.3, 0.4) is 0 Å². The van der Waals surface area contributed by atoms with Crippen molar-refractivity contribution in [3.8, 4) is 0 Å². The fourth-order valence-corrected chi connectivity index (χ4v) is 6.16. The maximum absolute atomic E-state index is 13.6. The highest BCUT2D eigenvalue weighted by atomic mass is 16.3. The van der Waals surface area contributed by atoms with Crippen molar-refractivity contribution < 1.29 is 10.2 Å². The first-order chi connectivity index (χ1) is 20.5. The number of hydrogen-bond acceptors (Lipinski definition) is 9. The Morgan fingerprint density at radius 1 is 0.571 bits per heavy atom. The highest BCUT2D eigenvalue weighted by Gasteiger charge is 2.24. The van der Waals surface area contributed by atoms with Crippen LogP contribution in [-0.4, -0.2) is 117 Å². The van der Waals surface area contributed by atoms with Gasteiger partial charge >= 0.3 is 5.69 Å². The number of imidazole rings is 1. The SMILES string of the molecule is O=c1n(C[C@H](O)CN2CCN(c3ccccn3)CC2)c2ccccc2n1C[C@H](O)CN1CCN(c2ccccn2)CC1. The van der Waals surface area contributed by atoms with Crippen molar-refractivity contribution in [2.24, 2.45) is 0 Å². The van der Waals surface area contributed by atoms with Crippen LogP contribution in [0.4, 0.5) is 11.6 Å². The van der Waals surface area contributed by atoms with Gasteiger partial charge in [0.2, 0.25) is 0 Å². The zero-order valence-electron chi connectivity index (χ0n) is 23.9. The maximum atomic E-state index is 13.6. The molecule has 0 aliphatic carbocycles. The number of pyridine rings is 2. The third kappa shape index (κ3) is 6.49. The Labute approximate surface area is 245 Å². The highest BCUT2D eigenvalue weighted by Crippen LogP contribution is 2.17. The number of para-hydroxylation sites is 2. The van der Waals surface area contributed by atoms with Crippen molar-refractivity contribution in [3.63, 3.8) is 0 Å². The van der Waals surface area contributed by atoms with Crippen LogP contribution in [0.1, 0.15) is 0 Å². The van der Waals surface area contributed by atoms with Crippen LogP contribution >= 0.6 is 0 Å².